The molecular weight excluding hydrogens is 218 g/mol. The Bertz CT molecular complexity index is 452. The first-order valence-corrected chi connectivity index (χ1v) is 5.79. The Labute approximate surface area is 89.9 Å². The van der Waals surface area contributed by atoms with Crippen LogP contribution in [0.3, 0.4) is 0 Å². The Morgan fingerprint density at radius 1 is 1.23 bits per heavy atom. The highest BCUT2D eigenvalue weighted by Crippen LogP contribution is 2.25. The van der Waals surface area contributed by atoms with E-state index < -0.39 is 0 Å². The zero-order valence-corrected chi connectivity index (χ0v) is 9.43. The predicted octanol–water partition coefficient (Wildman–Crippen LogP) is 3.91. The molecule has 0 unspecified atom stereocenters. The number of benzene rings is 1. The molecule has 0 saturated heterocycles. The van der Waals surface area contributed by atoms with Crippen LogP contribution >= 0.6 is 35.1 Å². The standard InChI is InChI=1S/C9H7NS3/c1-6-2-4-7(5-3-6)8-10-13-9(11)12-8/h2-5H,1H3. The molecule has 0 aliphatic rings. The van der Waals surface area contributed by atoms with Gasteiger partial charge in [-0.1, -0.05) is 53.4 Å². The molecule has 1 aromatic carbocycles. The Morgan fingerprint density at radius 3 is 2.46 bits per heavy atom. The minimum absolute atomic E-state index is 0.885. The van der Waals surface area contributed by atoms with E-state index in [1.165, 1.54) is 17.1 Å². The molecule has 1 heterocycles. The summed E-state index contributed by atoms with van der Waals surface area (Å²) < 4.78 is 5.16. The highest BCUT2D eigenvalue weighted by molar-refractivity contribution is 7.76. The molecule has 66 valence electrons. The van der Waals surface area contributed by atoms with E-state index >= 15 is 0 Å². The van der Waals surface area contributed by atoms with Crippen LogP contribution in [0.1, 0.15) is 5.56 Å². The van der Waals surface area contributed by atoms with Crippen molar-refractivity contribution in [3.05, 3.63) is 33.0 Å². The van der Waals surface area contributed by atoms with Crippen molar-refractivity contribution >= 4 is 35.1 Å². The van der Waals surface area contributed by atoms with Crippen LogP contribution in [-0.4, -0.2) is 4.37 Å². The van der Waals surface area contributed by atoms with Gasteiger partial charge in [-0.15, -0.1) is 0 Å². The molecule has 0 aliphatic carbocycles. The van der Waals surface area contributed by atoms with Crippen LogP contribution in [0.25, 0.3) is 10.6 Å². The third kappa shape index (κ3) is 2.02. The van der Waals surface area contributed by atoms with Gasteiger partial charge in [0.15, 0.2) is 3.14 Å². The minimum Gasteiger partial charge on any atom is -0.179 e. The van der Waals surface area contributed by atoms with Crippen molar-refractivity contribution in [2.45, 2.75) is 6.92 Å². The number of aromatic nitrogens is 1. The van der Waals surface area contributed by atoms with Crippen molar-refractivity contribution in [1.29, 1.82) is 0 Å². The number of hydrogen-bond donors (Lipinski definition) is 0. The Morgan fingerprint density at radius 2 is 1.92 bits per heavy atom. The molecule has 0 fully saturated rings. The monoisotopic (exact) mass is 225 g/mol. The number of aryl methyl sites for hydroxylation is 1. The normalized spacial score (nSPS) is 10.2. The van der Waals surface area contributed by atoms with Crippen molar-refractivity contribution in [3.8, 4) is 10.6 Å². The van der Waals surface area contributed by atoms with Gasteiger partial charge in [-0.05, 0) is 18.5 Å². The molecular formula is C9H7NS3. The summed E-state index contributed by atoms with van der Waals surface area (Å²) >= 11 is 7.99. The minimum atomic E-state index is 0.885. The number of nitrogens with zero attached hydrogens (tertiary/aromatic N) is 1. The summed E-state index contributed by atoms with van der Waals surface area (Å²) in [6.07, 6.45) is 0. The van der Waals surface area contributed by atoms with E-state index in [1.807, 2.05) is 0 Å². The van der Waals surface area contributed by atoms with E-state index in [0.717, 1.165) is 13.7 Å². The van der Waals surface area contributed by atoms with E-state index in [4.69, 9.17) is 12.2 Å². The summed E-state index contributed by atoms with van der Waals surface area (Å²) in [6.45, 7) is 2.08. The average molecular weight is 225 g/mol. The van der Waals surface area contributed by atoms with Gasteiger partial charge in [-0.25, -0.2) is 0 Å². The van der Waals surface area contributed by atoms with Crippen LogP contribution < -0.4 is 0 Å². The molecule has 13 heavy (non-hydrogen) atoms. The summed E-state index contributed by atoms with van der Waals surface area (Å²) in [5.74, 6) is 0. The van der Waals surface area contributed by atoms with Crippen molar-refractivity contribution in [1.82, 2.24) is 4.37 Å². The van der Waals surface area contributed by atoms with E-state index in [1.54, 1.807) is 11.3 Å². The van der Waals surface area contributed by atoms with Crippen molar-refractivity contribution in [3.63, 3.8) is 0 Å². The molecule has 0 N–H and O–H groups in total. The molecule has 0 aliphatic heterocycles. The lowest BCUT2D eigenvalue weighted by Crippen LogP contribution is -1.74. The van der Waals surface area contributed by atoms with Gasteiger partial charge in [0.2, 0.25) is 0 Å². The van der Waals surface area contributed by atoms with Gasteiger partial charge in [-0.3, -0.25) is 0 Å². The second-order valence-electron chi connectivity index (χ2n) is 2.71. The van der Waals surface area contributed by atoms with E-state index in [0.29, 0.717) is 0 Å². The summed E-state index contributed by atoms with van der Waals surface area (Å²) in [5.41, 5.74) is 2.42. The van der Waals surface area contributed by atoms with Crippen LogP contribution in [0, 0.1) is 10.1 Å². The molecule has 1 aromatic heterocycles. The first kappa shape index (κ1) is 8.99. The first-order chi connectivity index (χ1) is 6.25. The van der Waals surface area contributed by atoms with Crippen molar-refractivity contribution < 1.29 is 0 Å². The van der Waals surface area contributed by atoms with Gasteiger partial charge >= 0.3 is 0 Å². The molecule has 0 saturated carbocycles. The quantitative estimate of drug-likeness (QED) is 0.682. The molecule has 0 bridgehead atoms. The summed E-state index contributed by atoms with van der Waals surface area (Å²) in [7, 11) is 0. The smallest absolute Gasteiger partial charge is 0.164 e. The van der Waals surface area contributed by atoms with Gasteiger partial charge < -0.3 is 0 Å². The zero-order valence-electron chi connectivity index (χ0n) is 6.98. The molecule has 0 atom stereocenters. The fraction of sp³-hybridized carbons (Fsp3) is 0.111. The van der Waals surface area contributed by atoms with Crippen LogP contribution in [-0.2, 0) is 0 Å². The maximum Gasteiger partial charge on any atom is 0.164 e. The van der Waals surface area contributed by atoms with Gasteiger partial charge in [0.25, 0.3) is 0 Å². The largest absolute Gasteiger partial charge is 0.179 e. The van der Waals surface area contributed by atoms with Gasteiger partial charge in [0.1, 0.15) is 5.01 Å². The maximum absolute atomic E-state index is 5.03. The van der Waals surface area contributed by atoms with Gasteiger partial charge in [-0.2, -0.15) is 4.37 Å². The fourth-order valence-electron chi connectivity index (χ4n) is 1.00. The van der Waals surface area contributed by atoms with Crippen molar-refractivity contribution in [2.24, 2.45) is 0 Å². The molecule has 2 rings (SSSR count). The Balaban J connectivity index is 2.47. The topological polar surface area (TPSA) is 12.9 Å². The molecule has 0 radical (unpaired) electrons. The summed E-state index contributed by atoms with van der Waals surface area (Å²) in [5, 5.41) is 1.02. The number of rotatable bonds is 1. The predicted molar refractivity (Wildman–Crippen MR) is 61.0 cm³/mol. The third-order valence-electron chi connectivity index (χ3n) is 1.68. The summed E-state index contributed by atoms with van der Waals surface area (Å²) in [6, 6.07) is 8.33. The average Bonchev–Trinajstić information content (AvgIpc) is 2.53. The molecule has 1 nitrogen and oxygen atoms in total. The number of hydrogen-bond acceptors (Lipinski definition) is 4. The van der Waals surface area contributed by atoms with Gasteiger partial charge in [0.05, 0.1) is 0 Å². The molecule has 0 amide bonds. The van der Waals surface area contributed by atoms with E-state index in [-0.39, 0.29) is 0 Å². The lowest BCUT2D eigenvalue weighted by molar-refractivity contribution is 1.46. The maximum atomic E-state index is 5.03. The van der Waals surface area contributed by atoms with E-state index in [9.17, 15) is 0 Å². The highest BCUT2D eigenvalue weighted by Gasteiger charge is 2.00. The first-order valence-electron chi connectivity index (χ1n) is 3.79. The lowest BCUT2D eigenvalue weighted by Gasteiger charge is -1.94. The van der Waals surface area contributed by atoms with Crippen LogP contribution in [0.15, 0.2) is 24.3 Å². The summed E-state index contributed by atoms with van der Waals surface area (Å²) in [4.78, 5) is 0. The Kier molecular flexibility index (Phi) is 2.53. The van der Waals surface area contributed by atoms with Crippen LogP contribution in [0.5, 0.6) is 0 Å². The third-order valence-corrected chi connectivity index (χ3v) is 3.85. The second kappa shape index (κ2) is 3.65. The molecule has 4 heteroatoms. The van der Waals surface area contributed by atoms with Crippen LogP contribution in [0.4, 0.5) is 0 Å². The molecule has 2 aromatic rings. The molecule has 0 spiro atoms. The van der Waals surface area contributed by atoms with Gasteiger partial charge in [0, 0.05) is 5.56 Å². The highest BCUT2D eigenvalue weighted by atomic mass is 32.2. The van der Waals surface area contributed by atoms with E-state index in [2.05, 4.69) is 35.6 Å². The van der Waals surface area contributed by atoms with Crippen molar-refractivity contribution in [2.75, 3.05) is 0 Å². The lowest BCUT2D eigenvalue weighted by atomic mass is 10.2. The second-order valence-corrected chi connectivity index (χ2v) is 5.66. The SMILES string of the molecule is Cc1ccc(-c2nsc(=S)s2)cc1. The van der Waals surface area contributed by atoms with Crippen LogP contribution in [0.2, 0.25) is 0 Å². The fourth-order valence-corrected chi connectivity index (χ4v) is 2.78. The zero-order chi connectivity index (χ0) is 9.26. The Hall–Kier alpha value is -0.580.